The fourth-order valence-electron chi connectivity index (χ4n) is 6.30. The molecule has 4 aromatic rings. The van der Waals surface area contributed by atoms with E-state index in [0.29, 0.717) is 67.0 Å². The highest BCUT2D eigenvalue weighted by atomic mass is 16.5. The third kappa shape index (κ3) is 5.98. The summed E-state index contributed by atoms with van der Waals surface area (Å²) in [5, 5.41) is 4.42. The molecule has 2 aliphatic rings. The van der Waals surface area contributed by atoms with Crippen molar-refractivity contribution in [1.82, 2.24) is 19.7 Å². The molecule has 3 aromatic carbocycles. The summed E-state index contributed by atoms with van der Waals surface area (Å²) in [5.41, 5.74) is 2.74. The number of hydrogen-bond donors (Lipinski definition) is 1. The molecule has 2 aliphatic heterocycles. The Morgan fingerprint density at radius 1 is 0.884 bits per heavy atom. The molecule has 8 heteroatoms. The molecule has 1 unspecified atom stereocenters. The van der Waals surface area contributed by atoms with Crippen LogP contribution in [0.5, 0.6) is 0 Å². The molecule has 1 aromatic heterocycles. The normalized spacial score (nSPS) is 18.1. The molecule has 2 fully saturated rings. The molecule has 222 valence electrons. The zero-order chi connectivity index (χ0) is 29.8. The summed E-state index contributed by atoms with van der Waals surface area (Å²) in [4.78, 5) is 45.5. The number of rotatable bonds is 8. The summed E-state index contributed by atoms with van der Waals surface area (Å²) >= 11 is 0. The topological polar surface area (TPSA) is 83.9 Å². The number of para-hydroxylation sites is 1. The zero-order valence-corrected chi connectivity index (χ0v) is 24.6. The number of aromatic nitrogens is 1. The largest absolute Gasteiger partial charge is 0.368 e. The quantitative estimate of drug-likeness (QED) is 0.328. The highest BCUT2D eigenvalue weighted by Gasteiger charge is 2.32. The maximum atomic E-state index is 14.3. The number of amides is 2. The molecular weight excluding hydrogens is 540 g/mol. The smallest absolute Gasteiger partial charge is 0.263 e. The van der Waals surface area contributed by atoms with Gasteiger partial charge in [0.05, 0.1) is 17.3 Å². The highest BCUT2D eigenvalue weighted by Crippen LogP contribution is 2.26. The second-order valence-electron chi connectivity index (χ2n) is 11.3. The number of carbonyl (C=O) groups excluding carboxylic acids is 2. The minimum absolute atomic E-state index is 0.0654. The standard InChI is InChI=1S/C35H38N4O4/c1-2-29(25-12-5-3-6-13-25)36-33(40)32-27-16-9-10-17-28(27)34(41)39(26-14-7-4-8-15-26)30(32)24-37-19-21-38(22-20-37)35(42)31-18-11-23-43-31/h3-10,12-17,29,31H,2,11,18-24H2,1H3,(H,36,40)/t29?,31-/m0/s1. The van der Waals surface area contributed by atoms with Gasteiger partial charge in [0.2, 0.25) is 0 Å². The van der Waals surface area contributed by atoms with Crippen molar-refractivity contribution in [3.05, 3.63) is 112 Å². The van der Waals surface area contributed by atoms with E-state index in [1.54, 1.807) is 10.6 Å². The van der Waals surface area contributed by atoms with E-state index in [9.17, 15) is 14.4 Å². The maximum absolute atomic E-state index is 14.3. The van der Waals surface area contributed by atoms with Gasteiger partial charge in [-0.1, -0.05) is 73.7 Å². The second kappa shape index (κ2) is 12.9. The van der Waals surface area contributed by atoms with E-state index < -0.39 is 0 Å². The molecule has 2 atom stereocenters. The molecule has 0 aliphatic carbocycles. The first-order chi connectivity index (χ1) is 21.0. The Kier molecular flexibility index (Phi) is 8.67. The molecule has 43 heavy (non-hydrogen) atoms. The van der Waals surface area contributed by atoms with E-state index in [4.69, 9.17) is 4.74 Å². The lowest BCUT2D eigenvalue weighted by molar-refractivity contribution is -0.142. The van der Waals surface area contributed by atoms with Gasteiger partial charge < -0.3 is 15.0 Å². The van der Waals surface area contributed by atoms with Gasteiger partial charge in [-0.25, -0.2) is 0 Å². The lowest BCUT2D eigenvalue weighted by Crippen LogP contribution is -2.51. The molecular formula is C35H38N4O4. The molecule has 2 saturated heterocycles. The monoisotopic (exact) mass is 578 g/mol. The third-order valence-corrected chi connectivity index (χ3v) is 8.61. The minimum Gasteiger partial charge on any atom is -0.368 e. The second-order valence-corrected chi connectivity index (χ2v) is 11.3. The molecule has 1 N–H and O–H groups in total. The number of fused-ring (bicyclic) bond motifs is 1. The average molecular weight is 579 g/mol. The number of benzene rings is 3. The van der Waals surface area contributed by atoms with Gasteiger partial charge in [-0.2, -0.15) is 0 Å². The first-order valence-electron chi connectivity index (χ1n) is 15.3. The molecule has 0 spiro atoms. The Morgan fingerprint density at radius 2 is 1.53 bits per heavy atom. The Balaban J connectivity index is 1.39. The van der Waals surface area contributed by atoms with Gasteiger partial charge in [-0.05, 0) is 43.0 Å². The Labute approximate surface area is 251 Å². The number of pyridine rings is 1. The van der Waals surface area contributed by atoms with E-state index in [1.165, 1.54) is 0 Å². The molecule has 3 heterocycles. The average Bonchev–Trinajstić information content (AvgIpc) is 3.60. The highest BCUT2D eigenvalue weighted by molar-refractivity contribution is 6.08. The van der Waals surface area contributed by atoms with Gasteiger partial charge in [0.25, 0.3) is 17.4 Å². The number of hydrogen-bond acceptors (Lipinski definition) is 5. The SMILES string of the molecule is CCC(NC(=O)c1c(CN2CCN(C(=O)[C@@H]3CCCO3)CC2)n(-c2ccccc2)c(=O)c2ccccc12)c1ccccc1. The third-order valence-electron chi connectivity index (χ3n) is 8.61. The van der Waals surface area contributed by atoms with Crippen molar-refractivity contribution in [2.75, 3.05) is 32.8 Å². The Bertz CT molecular complexity index is 1640. The van der Waals surface area contributed by atoms with E-state index in [0.717, 1.165) is 24.8 Å². The summed E-state index contributed by atoms with van der Waals surface area (Å²) < 4.78 is 7.34. The van der Waals surface area contributed by atoms with E-state index in [2.05, 4.69) is 17.1 Å². The molecule has 0 bridgehead atoms. The van der Waals surface area contributed by atoms with Crippen molar-refractivity contribution in [2.45, 2.75) is 44.9 Å². The van der Waals surface area contributed by atoms with Crippen LogP contribution in [0, 0.1) is 0 Å². The first kappa shape index (κ1) is 28.8. The van der Waals surface area contributed by atoms with Crippen molar-refractivity contribution < 1.29 is 14.3 Å². The van der Waals surface area contributed by atoms with Gasteiger partial charge in [-0.15, -0.1) is 0 Å². The van der Waals surface area contributed by atoms with Crippen LogP contribution in [-0.2, 0) is 16.1 Å². The van der Waals surface area contributed by atoms with Crippen LogP contribution in [0.2, 0.25) is 0 Å². The number of ether oxygens (including phenoxy) is 1. The number of carbonyl (C=O) groups is 2. The summed E-state index contributed by atoms with van der Waals surface area (Å²) in [6.07, 6.45) is 2.09. The van der Waals surface area contributed by atoms with Crippen LogP contribution in [0.3, 0.4) is 0 Å². The Hall–Kier alpha value is -4.27. The van der Waals surface area contributed by atoms with Crippen molar-refractivity contribution in [3.8, 4) is 5.69 Å². The van der Waals surface area contributed by atoms with Crippen molar-refractivity contribution in [3.63, 3.8) is 0 Å². The van der Waals surface area contributed by atoms with Crippen LogP contribution in [-0.4, -0.2) is 65.1 Å². The molecule has 6 rings (SSSR count). The van der Waals surface area contributed by atoms with E-state index >= 15 is 0 Å². The lowest BCUT2D eigenvalue weighted by atomic mass is 9.99. The van der Waals surface area contributed by atoms with Gasteiger partial charge in [0.15, 0.2) is 0 Å². The zero-order valence-electron chi connectivity index (χ0n) is 24.6. The maximum Gasteiger partial charge on any atom is 0.263 e. The molecule has 2 amide bonds. The summed E-state index contributed by atoms with van der Waals surface area (Å²) in [6.45, 7) is 5.52. The summed E-state index contributed by atoms with van der Waals surface area (Å²) in [6, 6.07) is 26.7. The summed E-state index contributed by atoms with van der Waals surface area (Å²) in [5.74, 6) is -0.144. The molecule has 8 nitrogen and oxygen atoms in total. The number of nitrogens with zero attached hydrogens (tertiary/aromatic N) is 3. The van der Waals surface area contributed by atoms with E-state index in [-0.39, 0.29) is 29.5 Å². The molecule has 0 saturated carbocycles. The van der Waals surface area contributed by atoms with E-state index in [1.807, 2.05) is 83.8 Å². The van der Waals surface area contributed by atoms with Gasteiger partial charge in [-0.3, -0.25) is 23.9 Å². The van der Waals surface area contributed by atoms with Crippen LogP contribution in [0.25, 0.3) is 16.5 Å². The van der Waals surface area contributed by atoms with Gasteiger partial charge in [0, 0.05) is 55.8 Å². The van der Waals surface area contributed by atoms with Crippen molar-refractivity contribution in [1.29, 1.82) is 0 Å². The van der Waals surface area contributed by atoms with Gasteiger partial charge >= 0.3 is 0 Å². The fraction of sp³-hybridized carbons (Fsp3) is 0.343. The minimum atomic E-state index is -0.332. The predicted molar refractivity (Wildman–Crippen MR) is 167 cm³/mol. The fourth-order valence-corrected chi connectivity index (χ4v) is 6.30. The van der Waals surface area contributed by atoms with Crippen LogP contribution < -0.4 is 10.9 Å². The van der Waals surface area contributed by atoms with Crippen LogP contribution in [0.15, 0.2) is 89.7 Å². The first-order valence-corrected chi connectivity index (χ1v) is 15.3. The van der Waals surface area contributed by atoms with Crippen LogP contribution in [0.4, 0.5) is 0 Å². The van der Waals surface area contributed by atoms with Gasteiger partial charge in [0.1, 0.15) is 6.10 Å². The van der Waals surface area contributed by atoms with Crippen molar-refractivity contribution >= 4 is 22.6 Å². The van der Waals surface area contributed by atoms with Crippen molar-refractivity contribution in [2.24, 2.45) is 0 Å². The molecule has 0 radical (unpaired) electrons. The predicted octanol–water partition coefficient (Wildman–Crippen LogP) is 4.70. The van der Waals surface area contributed by atoms with Crippen LogP contribution in [0.1, 0.15) is 53.8 Å². The lowest BCUT2D eigenvalue weighted by Gasteiger charge is -2.36. The van der Waals surface area contributed by atoms with Crippen LogP contribution >= 0.6 is 0 Å². The number of piperazine rings is 1. The Morgan fingerprint density at radius 3 is 2.19 bits per heavy atom. The number of nitrogens with one attached hydrogen (secondary N) is 1. The summed E-state index contributed by atoms with van der Waals surface area (Å²) in [7, 11) is 0.